The van der Waals surface area contributed by atoms with Crippen molar-refractivity contribution >= 4 is 5.91 Å². The van der Waals surface area contributed by atoms with E-state index in [0.717, 1.165) is 19.3 Å². The van der Waals surface area contributed by atoms with Crippen molar-refractivity contribution < 1.29 is 19.0 Å². The molecule has 104 valence electrons. The normalized spacial score (nSPS) is 14.8. The monoisotopic (exact) mass is 267 g/mol. The van der Waals surface area contributed by atoms with E-state index in [2.05, 4.69) is 0 Å². The molecule has 1 fully saturated rings. The zero-order valence-electron chi connectivity index (χ0n) is 10.7. The molecule has 0 spiro atoms. The number of benzene rings is 1. The lowest BCUT2D eigenvalue weighted by molar-refractivity contribution is -0.138. The highest BCUT2D eigenvalue weighted by molar-refractivity contribution is 5.78. The van der Waals surface area contributed by atoms with Gasteiger partial charge in [-0.1, -0.05) is 6.07 Å². The first-order chi connectivity index (χ1) is 9.20. The molecule has 1 aromatic carbocycles. The number of carbonyl (C=O) groups is 1. The topological polar surface area (TPSA) is 49.8 Å². The number of carbonyl (C=O) groups excluding carboxylic acids is 1. The second-order valence-electron chi connectivity index (χ2n) is 4.64. The molecule has 1 saturated carbocycles. The molecule has 1 aromatic rings. The summed E-state index contributed by atoms with van der Waals surface area (Å²) in [5.41, 5.74) is 0. The zero-order chi connectivity index (χ0) is 13.7. The molecule has 0 saturated heterocycles. The number of rotatable bonds is 6. The largest absolute Gasteiger partial charge is 0.484 e. The molecule has 1 aliphatic rings. The maximum Gasteiger partial charge on any atom is 0.260 e. The van der Waals surface area contributed by atoms with Crippen LogP contribution >= 0.6 is 0 Å². The van der Waals surface area contributed by atoms with Crippen LogP contribution < -0.4 is 4.74 Å². The fourth-order valence-corrected chi connectivity index (χ4v) is 2.10. The third-order valence-corrected chi connectivity index (χ3v) is 3.34. The summed E-state index contributed by atoms with van der Waals surface area (Å²) in [5, 5.41) is 8.99. The van der Waals surface area contributed by atoms with Gasteiger partial charge in [-0.25, -0.2) is 4.39 Å². The second-order valence-corrected chi connectivity index (χ2v) is 4.64. The van der Waals surface area contributed by atoms with Crippen molar-refractivity contribution in [2.75, 3.05) is 19.8 Å². The number of halogens is 1. The lowest BCUT2D eigenvalue weighted by Gasteiger charge is -2.37. The molecule has 0 aromatic heterocycles. The van der Waals surface area contributed by atoms with Crippen molar-refractivity contribution in [1.29, 1.82) is 0 Å². The minimum Gasteiger partial charge on any atom is -0.484 e. The molecule has 1 amide bonds. The molecule has 0 heterocycles. The number of aliphatic hydroxyl groups excluding tert-OH is 1. The van der Waals surface area contributed by atoms with Gasteiger partial charge in [0.15, 0.2) is 6.61 Å². The maximum atomic E-state index is 13.0. The smallest absolute Gasteiger partial charge is 0.260 e. The summed E-state index contributed by atoms with van der Waals surface area (Å²) in [4.78, 5) is 13.7. The number of ether oxygens (including phenoxy) is 1. The Balaban J connectivity index is 1.88. The third-order valence-electron chi connectivity index (χ3n) is 3.34. The second kappa shape index (κ2) is 6.52. The number of hydrogen-bond acceptors (Lipinski definition) is 3. The van der Waals surface area contributed by atoms with E-state index in [1.807, 2.05) is 0 Å². The van der Waals surface area contributed by atoms with Crippen LogP contribution in [0.4, 0.5) is 4.39 Å². The van der Waals surface area contributed by atoms with Crippen molar-refractivity contribution in [3.05, 3.63) is 30.1 Å². The maximum absolute atomic E-state index is 13.0. The molecule has 0 unspecified atom stereocenters. The lowest BCUT2D eigenvalue weighted by atomic mass is 9.91. The predicted molar refractivity (Wildman–Crippen MR) is 68.3 cm³/mol. The Kier molecular flexibility index (Phi) is 4.74. The van der Waals surface area contributed by atoms with Crippen LogP contribution in [-0.4, -0.2) is 41.7 Å². The van der Waals surface area contributed by atoms with Gasteiger partial charge in [-0.05, 0) is 31.4 Å². The van der Waals surface area contributed by atoms with Crippen molar-refractivity contribution in [1.82, 2.24) is 4.90 Å². The Morgan fingerprint density at radius 2 is 2.26 bits per heavy atom. The molecule has 0 aliphatic heterocycles. The van der Waals surface area contributed by atoms with Crippen LogP contribution in [0.3, 0.4) is 0 Å². The van der Waals surface area contributed by atoms with E-state index in [1.165, 1.54) is 18.2 Å². The van der Waals surface area contributed by atoms with Crippen LogP contribution in [0, 0.1) is 5.82 Å². The standard InChI is InChI=1S/C14H18FNO3/c15-11-3-1-6-13(9-11)19-10-14(18)16(7-8-17)12-4-2-5-12/h1,3,6,9,12,17H,2,4-5,7-8,10H2. The average Bonchev–Trinajstić information content (AvgIpc) is 2.33. The first-order valence-electron chi connectivity index (χ1n) is 6.49. The molecule has 5 heteroatoms. The van der Waals surface area contributed by atoms with Crippen LogP contribution in [-0.2, 0) is 4.79 Å². The molecule has 0 atom stereocenters. The molecular formula is C14H18FNO3. The van der Waals surface area contributed by atoms with E-state index in [-0.39, 0.29) is 25.2 Å². The van der Waals surface area contributed by atoms with E-state index >= 15 is 0 Å². The molecule has 1 N–H and O–H groups in total. The van der Waals surface area contributed by atoms with Crippen molar-refractivity contribution in [2.45, 2.75) is 25.3 Å². The molecule has 0 radical (unpaired) electrons. The van der Waals surface area contributed by atoms with Gasteiger partial charge in [-0.15, -0.1) is 0 Å². The van der Waals surface area contributed by atoms with Gasteiger partial charge in [0.2, 0.25) is 0 Å². The number of nitrogens with zero attached hydrogens (tertiary/aromatic N) is 1. The SMILES string of the molecule is O=C(COc1cccc(F)c1)N(CCO)C1CCC1. The van der Waals surface area contributed by atoms with Gasteiger partial charge >= 0.3 is 0 Å². The average molecular weight is 267 g/mol. The summed E-state index contributed by atoms with van der Waals surface area (Å²) in [6.07, 6.45) is 3.07. The number of amides is 1. The van der Waals surface area contributed by atoms with Gasteiger partial charge in [0.05, 0.1) is 6.61 Å². The fourth-order valence-electron chi connectivity index (χ4n) is 2.10. The van der Waals surface area contributed by atoms with Gasteiger partial charge < -0.3 is 14.7 Å². The highest BCUT2D eigenvalue weighted by atomic mass is 19.1. The van der Waals surface area contributed by atoms with Crippen LogP contribution in [0.15, 0.2) is 24.3 Å². The van der Waals surface area contributed by atoms with Crippen LogP contribution in [0.25, 0.3) is 0 Å². The highest BCUT2D eigenvalue weighted by Crippen LogP contribution is 2.24. The van der Waals surface area contributed by atoms with E-state index in [9.17, 15) is 9.18 Å². The zero-order valence-corrected chi connectivity index (χ0v) is 10.7. The molecule has 0 bridgehead atoms. The molecule has 1 aliphatic carbocycles. The first-order valence-corrected chi connectivity index (χ1v) is 6.49. The molecule has 2 rings (SSSR count). The van der Waals surface area contributed by atoms with Gasteiger partial charge in [0, 0.05) is 18.7 Å². The quantitative estimate of drug-likeness (QED) is 0.851. The van der Waals surface area contributed by atoms with Gasteiger partial charge in [-0.3, -0.25) is 4.79 Å². The summed E-state index contributed by atoms with van der Waals surface area (Å²) in [5.74, 6) is -0.218. The van der Waals surface area contributed by atoms with Gasteiger partial charge in [0.1, 0.15) is 11.6 Å². The van der Waals surface area contributed by atoms with Gasteiger partial charge in [-0.2, -0.15) is 0 Å². The Morgan fingerprint density at radius 3 is 2.84 bits per heavy atom. The van der Waals surface area contributed by atoms with Gasteiger partial charge in [0.25, 0.3) is 5.91 Å². The predicted octanol–water partition coefficient (Wildman–Crippen LogP) is 1.58. The number of hydrogen-bond donors (Lipinski definition) is 1. The van der Waals surface area contributed by atoms with E-state index in [4.69, 9.17) is 9.84 Å². The first kappa shape index (κ1) is 13.8. The van der Waals surface area contributed by atoms with Crippen molar-refractivity contribution in [3.63, 3.8) is 0 Å². The summed E-state index contributed by atoms with van der Waals surface area (Å²) in [6.45, 7) is 0.151. The lowest BCUT2D eigenvalue weighted by Crippen LogP contribution is -2.47. The highest BCUT2D eigenvalue weighted by Gasteiger charge is 2.28. The number of aliphatic hydroxyl groups is 1. The van der Waals surface area contributed by atoms with Crippen molar-refractivity contribution in [3.8, 4) is 5.75 Å². The Labute approximate surface area is 111 Å². The molecule has 19 heavy (non-hydrogen) atoms. The van der Waals surface area contributed by atoms with E-state index < -0.39 is 5.82 Å². The minimum absolute atomic E-state index is 0.0534. The van der Waals surface area contributed by atoms with Crippen molar-refractivity contribution in [2.24, 2.45) is 0 Å². The molecular weight excluding hydrogens is 249 g/mol. The van der Waals surface area contributed by atoms with Crippen LogP contribution in [0.2, 0.25) is 0 Å². The van der Waals surface area contributed by atoms with Crippen LogP contribution in [0.1, 0.15) is 19.3 Å². The summed E-state index contributed by atoms with van der Waals surface area (Å²) in [6, 6.07) is 5.92. The Bertz CT molecular complexity index is 434. The van der Waals surface area contributed by atoms with Crippen LogP contribution in [0.5, 0.6) is 5.75 Å². The van der Waals surface area contributed by atoms with E-state index in [0.29, 0.717) is 12.3 Å². The summed E-state index contributed by atoms with van der Waals surface area (Å²) in [7, 11) is 0. The fraction of sp³-hybridized carbons (Fsp3) is 0.500. The Hall–Kier alpha value is -1.62. The Morgan fingerprint density at radius 1 is 1.47 bits per heavy atom. The molecule has 4 nitrogen and oxygen atoms in total. The minimum atomic E-state index is -0.392. The summed E-state index contributed by atoms with van der Waals surface area (Å²) >= 11 is 0. The third kappa shape index (κ3) is 3.67. The summed E-state index contributed by atoms with van der Waals surface area (Å²) < 4.78 is 18.2. The van der Waals surface area contributed by atoms with E-state index in [1.54, 1.807) is 11.0 Å².